The molecule has 51 heavy (non-hydrogen) atoms. The maximum Gasteiger partial charge on any atom is 0.508 e. The van der Waals surface area contributed by atoms with Crippen molar-refractivity contribution in [3.63, 3.8) is 0 Å². The molecule has 3 aromatic carbocycles. The van der Waals surface area contributed by atoms with Crippen LogP contribution in [0.1, 0.15) is 49.3 Å². The van der Waals surface area contributed by atoms with E-state index >= 15 is 0 Å². The number of rotatable bonds is 14. The number of benzene rings is 3. The van der Waals surface area contributed by atoms with Gasteiger partial charge in [-0.3, -0.25) is 9.59 Å². The zero-order valence-electron chi connectivity index (χ0n) is 27.9. The number of alkyl halides is 3. The molecule has 0 aromatic heterocycles. The van der Waals surface area contributed by atoms with Gasteiger partial charge in [-0.25, -0.2) is 4.79 Å². The van der Waals surface area contributed by atoms with Gasteiger partial charge in [0.1, 0.15) is 30.0 Å². The van der Waals surface area contributed by atoms with Crippen LogP contribution in [0.5, 0.6) is 0 Å². The third-order valence-corrected chi connectivity index (χ3v) is 10.0. The number of fused-ring (bicyclic) bond motifs is 3. The summed E-state index contributed by atoms with van der Waals surface area (Å²) in [5, 5.41) is 2.62. The van der Waals surface area contributed by atoms with Crippen molar-refractivity contribution in [2.24, 2.45) is 0 Å². The van der Waals surface area contributed by atoms with E-state index in [1.807, 2.05) is 85.8 Å². The van der Waals surface area contributed by atoms with Crippen molar-refractivity contribution in [1.82, 2.24) is 5.32 Å². The van der Waals surface area contributed by atoms with E-state index in [1.165, 1.54) is 18.7 Å². The van der Waals surface area contributed by atoms with Crippen molar-refractivity contribution in [2.45, 2.75) is 72.8 Å². The molecule has 1 fully saturated rings. The minimum Gasteiger partial charge on any atom is -0.456 e. The van der Waals surface area contributed by atoms with Crippen LogP contribution < -0.4 is 5.32 Å². The van der Waals surface area contributed by atoms with Gasteiger partial charge < -0.3 is 33.8 Å². The molecular weight excluding hydrogens is 741 g/mol. The van der Waals surface area contributed by atoms with Crippen LogP contribution in [0.3, 0.4) is 0 Å². The Balaban J connectivity index is 1.42. The number of halogens is 3. The highest BCUT2D eigenvalue weighted by Gasteiger charge is 2.52. The van der Waals surface area contributed by atoms with Gasteiger partial charge in [0.05, 0.1) is 19.6 Å². The number of carbonyl (C=O) groups excluding carboxylic acids is 4. The van der Waals surface area contributed by atoms with E-state index in [-0.39, 0.29) is 44.4 Å². The fourth-order valence-corrected chi connectivity index (χ4v) is 7.25. The van der Waals surface area contributed by atoms with Crippen LogP contribution >= 0.6 is 46.6 Å². The van der Waals surface area contributed by atoms with Crippen LogP contribution in [0.4, 0.5) is 4.79 Å². The number of amides is 1. The number of esters is 1. The van der Waals surface area contributed by atoms with Crippen LogP contribution in [-0.2, 0) is 44.7 Å². The fraction of sp³-hybridized carbons (Fsp3) is 0.405. The first-order valence-corrected chi connectivity index (χ1v) is 18.6. The van der Waals surface area contributed by atoms with Gasteiger partial charge in [0.2, 0.25) is 0 Å². The van der Waals surface area contributed by atoms with Crippen molar-refractivity contribution in [3.05, 3.63) is 95.6 Å². The molecule has 2 aliphatic rings. The molecule has 1 heterocycles. The van der Waals surface area contributed by atoms with Gasteiger partial charge in [0, 0.05) is 12.3 Å². The molecule has 0 saturated carbocycles. The van der Waals surface area contributed by atoms with Crippen molar-refractivity contribution in [2.75, 3.05) is 19.0 Å². The van der Waals surface area contributed by atoms with Gasteiger partial charge in [-0.05, 0) is 40.5 Å². The lowest BCUT2D eigenvalue weighted by Crippen LogP contribution is -2.66. The van der Waals surface area contributed by atoms with Gasteiger partial charge in [-0.2, -0.15) is 0 Å². The Hall–Kier alpha value is -3.32. The molecular formula is C37H38Cl3NO9S. The molecule has 1 aliphatic carbocycles. The summed E-state index contributed by atoms with van der Waals surface area (Å²) in [6.45, 7) is 3.29. The van der Waals surface area contributed by atoms with E-state index in [0.717, 1.165) is 27.8 Å². The third kappa shape index (κ3) is 10.2. The highest BCUT2D eigenvalue weighted by atomic mass is 35.6. The third-order valence-electron chi connectivity index (χ3n) is 8.44. The number of hydrogen-bond acceptors (Lipinski definition) is 10. The number of hydrogen-bond donors (Lipinski definition) is 1. The maximum atomic E-state index is 13.6. The summed E-state index contributed by atoms with van der Waals surface area (Å²) in [5.41, 5.74) is 4.15. The van der Waals surface area contributed by atoms with Crippen LogP contribution in [0.2, 0.25) is 0 Å². The standard InChI is InChI=1S/C37H38Cl3NO9S/c1-3-51-34-31(41-35(44)37(38,39)40)33(49-30(43)18-17-22(2)42)32(29(48-34)21-46-19-23-11-5-4-6-12-23)50-36(45)47-20-28-26-15-9-7-13-24(26)25-14-8-10-16-27(25)28/h4-16,28-29,31-34H,3,17-21H2,1-2H3,(H,41,44). The largest absolute Gasteiger partial charge is 0.508 e. The van der Waals surface area contributed by atoms with E-state index in [9.17, 15) is 19.2 Å². The van der Waals surface area contributed by atoms with Gasteiger partial charge in [0.25, 0.3) is 9.70 Å². The van der Waals surface area contributed by atoms with Crippen molar-refractivity contribution < 1.29 is 42.9 Å². The molecule has 10 nitrogen and oxygen atoms in total. The van der Waals surface area contributed by atoms with E-state index < -0.39 is 51.6 Å². The minimum atomic E-state index is -2.37. The summed E-state index contributed by atoms with van der Waals surface area (Å²) >= 11 is 19.0. The smallest absolute Gasteiger partial charge is 0.456 e. The summed E-state index contributed by atoms with van der Waals surface area (Å²) in [4.78, 5) is 51.5. The molecule has 272 valence electrons. The second kappa shape index (κ2) is 17.9. The molecule has 0 bridgehead atoms. The topological polar surface area (TPSA) is 126 Å². The number of ketones is 1. The molecule has 5 unspecified atom stereocenters. The molecule has 1 aliphatic heterocycles. The molecule has 1 N–H and O–H groups in total. The quantitative estimate of drug-likeness (QED) is 0.133. The molecule has 0 spiro atoms. The Labute approximate surface area is 315 Å². The highest BCUT2D eigenvalue weighted by Crippen LogP contribution is 2.44. The summed E-state index contributed by atoms with van der Waals surface area (Å²) in [5.74, 6) is -1.73. The van der Waals surface area contributed by atoms with E-state index in [1.54, 1.807) is 0 Å². The zero-order valence-corrected chi connectivity index (χ0v) is 31.0. The average molecular weight is 779 g/mol. The highest BCUT2D eigenvalue weighted by molar-refractivity contribution is 7.99. The second-order valence-electron chi connectivity index (χ2n) is 12.0. The maximum absolute atomic E-state index is 13.6. The number of ether oxygens (including phenoxy) is 5. The monoisotopic (exact) mass is 777 g/mol. The summed E-state index contributed by atoms with van der Waals surface area (Å²) < 4.78 is 27.6. The summed E-state index contributed by atoms with van der Waals surface area (Å²) in [6, 6.07) is 24.1. The first-order valence-electron chi connectivity index (χ1n) is 16.4. The molecule has 0 radical (unpaired) electrons. The van der Waals surface area contributed by atoms with Gasteiger partial charge in [-0.15, -0.1) is 11.8 Å². The molecule has 5 rings (SSSR count). The second-order valence-corrected chi connectivity index (χ2v) is 15.7. The predicted octanol–water partition coefficient (Wildman–Crippen LogP) is 7.15. The normalized spacial score (nSPS) is 21.2. The van der Waals surface area contributed by atoms with Crippen molar-refractivity contribution >= 4 is 70.4 Å². The number of carbonyl (C=O) groups is 4. The SMILES string of the molecule is CCSC1OC(COCc2ccccc2)C(OC(=O)OCC2c3ccccc3-c3ccccc32)C(OC(=O)CCC(C)=O)C1NC(=O)C(Cl)(Cl)Cl. The summed E-state index contributed by atoms with van der Waals surface area (Å²) in [6.07, 6.45) is -5.10. The van der Waals surface area contributed by atoms with Gasteiger partial charge >= 0.3 is 12.1 Å². The van der Waals surface area contributed by atoms with Gasteiger partial charge in [0.15, 0.2) is 12.2 Å². The van der Waals surface area contributed by atoms with Gasteiger partial charge in [-0.1, -0.05) is 121 Å². The zero-order chi connectivity index (χ0) is 36.5. The molecule has 14 heteroatoms. The molecule has 5 atom stereocenters. The van der Waals surface area contributed by atoms with E-state index in [2.05, 4.69) is 5.32 Å². The Morgan fingerprint density at radius 1 is 0.824 bits per heavy atom. The minimum absolute atomic E-state index is 0.0413. The predicted molar refractivity (Wildman–Crippen MR) is 195 cm³/mol. The molecule has 1 saturated heterocycles. The fourth-order valence-electron chi connectivity index (χ4n) is 6.11. The average Bonchev–Trinajstić information content (AvgIpc) is 3.42. The number of thioether (sulfide) groups is 1. The number of nitrogens with one attached hydrogen (secondary N) is 1. The molecule has 3 aromatic rings. The lowest BCUT2D eigenvalue weighted by molar-refractivity contribution is -0.203. The Morgan fingerprint density at radius 2 is 1.45 bits per heavy atom. The van der Waals surface area contributed by atoms with Crippen LogP contribution in [-0.4, -0.2) is 76.4 Å². The van der Waals surface area contributed by atoms with E-state index in [4.69, 9.17) is 58.5 Å². The molecule has 1 amide bonds. The number of Topliss-reactive ketones (excluding diaryl/α,β-unsaturated/α-hetero) is 1. The van der Waals surface area contributed by atoms with Crippen LogP contribution in [0, 0.1) is 0 Å². The van der Waals surface area contributed by atoms with Crippen LogP contribution in [0.15, 0.2) is 78.9 Å². The lowest BCUT2D eigenvalue weighted by atomic mass is 9.97. The van der Waals surface area contributed by atoms with Crippen molar-refractivity contribution in [1.29, 1.82) is 0 Å². The van der Waals surface area contributed by atoms with Crippen LogP contribution in [0.25, 0.3) is 11.1 Å². The first-order chi connectivity index (χ1) is 24.5. The Morgan fingerprint density at radius 3 is 2.06 bits per heavy atom. The first kappa shape index (κ1) is 38.9. The van der Waals surface area contributed by atoms with E-state index in [0.29, 0.717) is 5.75 Å². The van der Waals surface area contributed by atoms with Crippen molar-refractivity contribution in [3.8, 4) is 11.1 Å². The Bertz CT molecular complexity index is 1640. The lowest BCUT2D eigenvalue weighted by Gasteiger charge is -2.45. The Kier molecular flexibility index (Phi) is 13.7. The summed E-state index contributed by atoms with van der Waals surface area (Å²) in [7, 11) is 0.